The molecule has 2 aliphatic rings. The number of ether oxygens (including phenoxy) is 1. The Morgan fingerprint density at radius 1 is 0.271 bits per heavy atom. The lowest BCUT2D eigenvalue weighted by Gasteiger charge is -2.47. The summed E-state index contributed by atoms with van der Waals surface area (Å²) in [6, 6.07) is 102. The zero-order valence-electron chi connectivity index (χ0n) is 38.4. The van der Waals surface area contributed by atoms with Crippen molar-refractivity contribution in [2.75, 3.05) is 4.90 Å². The molecule has 13 rings (SSSR count). The average molecular weight is 909 g/mol. The molecule has 0 amide bonds. The Morgan fingerprint density at radius 2 is 0.671 bits per heavy atom. The Morgan fingerprint density at radius 3 is 1.29 bits per heavy atom. The third-order valence-corrected chi connectivity index (χ3v) is 17.1. The van der Waals surface area contributed by atoms with Crippen molar-refractivity contribution in [2.24, 2.45) is 0 Å². The number of nitrogens with zero attached hydrogens (tertiary/aromatic N) is 1. The first kappa shape index (κ1) is 41.4. The average Bonchev–Trinajstić information content (AvgIpc) is 3.44. The molecule has 1 spiro atoms. The van der Waals surface area contributed by atoms with Crippen LogP contribution in [0.2, 0.25) is 0 Å². The lowest BCUT2D eigenvalue weighted by atomic mass is 9.63. The number of para-hydroxylation sites is 3. The maximum Gasteiger partial charge on any atom is 0.155 e. The van der Waals surface area contributed by atoms with Crippen molar-refractivity contribution >= 4 is 41.4 Å². The van der Waals surface area contributed by atoms with Gasteiger partial charge in [0, 0.05) is 28.2 Å². The van der Waals surface area contributed by atoms with Crippen LogP contribution < -0.4 is 25.2 Å². The Bertz CT molecular complexity index is 3620. The van der Waals surface area contributed by atoms with Gasteiger partial charge in [-0.1, -0.05) is 230 Å². The van der Waals surface area contributed by atoms with Crippen LogP contribution in [0.25, 0.3) is 44.5 Å². The summed E-state index contributed by atoms with van der Waals surface area (Å²) in [4.78, 5) is 2.35. The smallest absolute Gasteiger partial charge is 0.155 e. The second-order valence-corrected chi connectivity index (χ2v) is 20.6. The fraction of sp³-hybridized carbons (Fsp3) is 0.0149. The van der Waals surface area contributed by atoms with E-state index >= 15 is 0 Å². The van der Waals surface area contributed by atoms with Gasteiger partial charge in [0.05, 0.1) is 5.41 Å². The number of hydrogen-bond donors (Lipinski definition) is 0. The molecule has 11 aromatic carbocycles. The van der Waals surface area contributed by atoms with E-state index in [2.05, 4.69) is 284 Å². The largest absolute Gasteiger partial charge is 0.457 e. The van der Waals surface area contributed by atoms with Gasteiger partial charge in [0.25, 0.3) is 0 Å². The Labute approximate surface area is 411 Å². The molecule has 70 heavy (non-hydrogen) atoms. The molecule has 0 saturated heterocycles. The Kier molecular flexibility index (Phi) is 10.3. The number of rotatable bonds is 8. The van der Waals surface area contributed by atoms with Crippen molar-refractivity contribution in [3.63, 3.8) is 0 Å². The first-order valence-corrected chi connectivity index (χ1v) is 25.6. The summed E-state index contributed by atoms with van der Waals surface area (Å²) in [5.41, 5.74) is 17.3. The van der Waals surface area contributed by atoms with Gasteiger partial charge in [0.2, 0.25) is 0 Å². The van der Waals surface area contributed by atoms with E-state index in [9.17, 15) is 0 Å². The van der Waals surface area contributed by atoms with Gasteiger partial charge in [-0.05, 0) is 121 Å². The zero-order valence-corrected chi connectivity index (χ0v) is 39.4. The first-order valence-electron chi connectivity index (χ1n) is 24.1. The van der Waals surface area contributed by atoms with Crippen molar-refractivity contribution in [2.45, 2.75) is 5.41 Å². The summed E-state index contributed by atoms with van der Waals surface area (Å²) in [7, 11) is -1.38. The maximum absolute atomic E-state index is 6.73. The van der Waals surface area contributed by atoms with Gasteiger partial charge in [-0.2, -0.15) is 0 Å². The van der Waals surface area contributed by atoms with Crippen LogP contribution >= 0.6 is 0 Å². The van der Waals surface area contributed by atoms with Crippen LogP contribution in [0.15, 0.2) is 279 Å². The minimum absolute atomic E-state index is 0.574. The minimum atomic E-state index is -1.38. The summed E-state index contributed by atoms with van der Waals surface area (Å²) in [6.45, 7) is 0. The molecule has 0 unspecified atom stereocenters. The lowest BCUT2D eigenvalue weighted by Crippen LogP contribution is -2.62. The van der Waals surface area contributed by atoms with Crippen molar-refractivity contribution in [1.82, 2.24) is 0 Å². The van der Waals surface area contributed by atoms with Crippen LogP contribution in [0.5, 0.6) is 11.5 Å². The first-order chi connectivity index (χ1) is 34.7. The summed E-state index contributed by atoms with van der Waals surface area (Å²) in [5.74, 6) is 1.81. The maximum atomic E-state index is 6.73. The fourth-order valence-electron chi connectivity index (χ4n) is 11.1. The van der Waals surface area contributed by atoms with Crippen molar-refractivity contribution in [3.05, 3.63) is 301 Å². The molecule has 2 nitrogen and oxygen atoms in total. The fourth-order valence-corrected chi connectivity index (χ4v) is 14.1. The molecular weight excluding hydrogens is 863 g/mol. The Balaban J connectivity index is 0.873. The molecule has 3 heteroatoms. The van der Waals surface area contributed by atoms with Gasteiger partial charge >= 0.3 is 0 Å². The van der Waals surface area contributed by atoms with E-state index in [1.54, 1.807) is 0 Å². The molecule has 0 atom stereocenters. The highest BCUT2D eigenvalue weighted by atomic mass is 28.3. The molecule has 11 aromatic rings. The molecule has 329 valence electrons. The highest BCUT2D eigenvalue weighted by Gasteiger charge is 2.51. The molecule has 2 heterocycles. The van der Waals surface area contributed by atoms with E-state index < -0.39 is 14.2 Å². The quantitative estimate of drug-likeness (QED) is 0.141. The predicted molar refractivity (Wildman–Crippen MR) is 292 cm³/mol. The topological polar surface area (TPSA) is 12.5 Å². The normalized spacial score (nSPS) is 13.0. The monoisotopic (exact) mass is 908 g/mol. The summed E-state index contributed by atoms with van der Waals surface area (Å²) in [6.07, 6.45) is 0. The molecule has 0 N–H and O–H groups in total. The van der Waals surface area contributed by atoms with Crippen molar-refractivity contribution in [1.29, 1.82) is 0 Å². The van der Waals surface area contributed by atoms with Gasteiger partial charge in [0.1, 0.15) is 11.5 Å². The third kappa shape index (κ3) is 7.01. The van der Waals surface area contributed by atoms with E-state index in [1.165, 1.54) is 71.2 Å². The van der Waals surface area contributed by atoms with Gasteiger partial charge in [0.15, 0.2) is 8.80 Å². The molecule has 2 aliphatic heterocycles. The molecule has 0 bridgehead atoms. The summed E-state index contributed by atoms with van der Waals surface area (Å²) < 4.78 is 6.73. The van der Waals surface area contributed by atoms with Gasteiger partial charge < -0.3 is 9.64 Å². The van der Waals surface area contributed by atoms with Gasteiger partial charge in [-0.15, -0.1) is 0 Å². The second kappa shape index (κ2) is 17.4. The molecular formula is C67H46NOSi. The van der Waals surface area contributed by atoms with E-state index in [1.807, 2.05) is 0 Å². The molecule has 0 saturated carbocycles. The molecule has 0 aromatic heterocycles. The van der Waals surface area contributed by atoms with Crippen LogP contribution in [-0.4, -0.2) is 8.80 Å². The van der Waals surface area contributed by atoms with E-state index in [-0.39, 0.29) is 0 Å². The van der Waals surface area contributed by atoms with Gasteiger partial charge in [-0.25, -0.2) is 0 Å². The number of benzene rings is 11. The van der Waals surface area contributed by atoms with Crippen LogP contribution in [0.3, 0.4) is 0 Å². The number of fused-ring (bicyclic) bond motifs is 8. The van der Waals surface area contributed by atoms with Crippen LogP contribution in [0.1, 0.15) is 22.3 Å². The van der Waals surface area contributed by atoms with E-state index in [0.717, 1.165) is 39.7 Å². The molecule has 1 radical (unpaired) electrons. The second-order valence-electron chi connectivity index (χ2n) is 18.2. The van der Waals surface area contributed by atoms with E-state index in [4.69, 9.17) is 4.74 Å². The standard InChI is InChI=1S/C67H46NOSi/c1-4-17-47(18-5-1)48-31-33-49(34-32-48)50-39-42-56(43-40-50)68(55-20-6-2-7-21-55)57-22-16-19-53(45-57)51-35-37-52(38-36-51)54-41-44-66-62(46-54)67(59-25-10-13-28-63(59)69-64-29-14-11-26-60(64)67)61-27-12-15-30-65(61)70(66)58-23-8-3-9-24-58/h1-46H. The highest BCUT2D eigenvalue weighted by Crippen LogP contribution is 2.56. The Hall–Kier alpha value is -8.76. The summed E-state index contributed by atoms with van der Waals surface area (Å²) in [5, 5.41) is 4.22. The van der Waals surface area contributed by atoms with Crippen molar-refractivity contribution in [3.8, 4) is 56.0 Å². The molecule has 0 aliphatic carbocycles. The van der Waals surface area contributed by atoms with Crippen LogP contribution in [0.4, 0.5) is 17.1 Å². The third-order valence-electron chi connectivity index (χ3n) is 14.3. The number of anilines is 3. The van der Waals surface area contributed by atoms with Crippen LogP contribution in [0, 0.1) is 0 Å². The minimum Gasteiger partial charge on any atom is -0.457 e. The molecule has 0 fully saturated rings. The predicted octanol–water partition coefficient (Wildman–Crippen LogP) is 15.1. The summed E-state index contributed by atoms with van der Waals surface area (Å²) >= 11 is 0. The highest BCUT2D eigenvalue weighted by molar-refractivity contribution is 6.96. The number of hydrogen-bond acceptors (Lipinski definition) is 2. The van der Waals surface area contributed by atoms with E-state index in [0.29, 0.717) is 0 Å². The van der Waals surface area contributed by atoms with Crippen LogP contribution in [-0.2, 0) is 5.41 Å². The zero-order chi connectivity index (χ0) is 46.4. The lowest BCUT2D eigenvalue weighted by molar-refractivity contribution is 0.435. The SMILES string of the molecule is c1ccc(-c2ccc(-c3ccc(N(c4ccccc4)c4cccc(-c5ccc(-c6ccc7c(c6)C6(c8ccccc8Oc8ccccc86)c6ccccc6[Si]7c6ccccc6)cc5)c4)cc3)cc2)cc1. The van der Waals surface area contributed by atoms with Gasteiger partial charge in [-0.3, -0.25) is 0 Å². The van der Waals surface area contributed by atoms with Crippen molar-refractivity contribution < 1.29 is 4.74 Å².